The number of benzene rings is 1. The molecule has 104 valence electrons. The second-order valence-electron chi connectivity index (χ2n) is 4.55. The molecule has 20 heavy (non-hydrogen) atoms. The molecule has 0 fully saturated rings. The smallest absolute Gasteiger partial charge is 0.254 e. The fourth-order valence-corrected chi connectivity index (χ4v) is 2.86. The zero-order valence-corrected chi connectivity index (χ0v) is 13.0. The van der Waals surface area contributed by atoms with E-state index in [9.17, 15) is 4.79 Å². The molecule has 0 aliphatic carbocycles. The maximum absolute atomic E-state index is 12.5. The van der Waals surface area contributed by atoms with Gasteiger partial charge in [0.05, 0.1) is 6.04 Å². The van der Waals surface area contributed by atoms with Crippen molar-refractivity contribution in [2.24, 2.45) is 5.73 Å². The average Bonchev–Trinajstić information content (AvgIpc) is 2.99. The van der Waals surface area contributed by atoms with Crippen LogP contribution in [-0.4, -0.2) is 22.8 Å². The van der Waals surface area contributed by atoms with Crippen LogP contribution in [0.25, 0.3) is 0 Å². The van der Waals surface area contributed by atoms with E-state index in [1.807, 2.05) is 30.5 Å². The highest BCUT2D eigenvalue weighted by Crippen LogP contribution is 2.24. The summed E-state index contributed by atoms with van der Waals surface area (Å²) in [5.41, 5.74) is 6.91. The minimum Gasteiger partial charge on any atom is -0.389 e. The minimum absolute atomic E-state index is 0.0379. The maximum atomic E-state index is 12.5. The van der Waals surface area contributed by atoms with Crippen LogP contribution in [0, 0.1) is 0 Å². The summed E-state index contributed by atoms with van der Waals surface area (Å²) in [7, 11) is 1.81. The molecule has 1 atom stereocenters. The van der Waals surface area contributed by atoms with Gasteiger partial charge in [-0.15, -0.1) is 11.3 Å². The van der Waals surface area contributed by atoms with Gasteiger partial charge < -0.3 is 10.6 Å². The first-order valence-corrected chi connectivity index (χ1v) is 7.50. The number of thiophene rings is 1. The van der Waals surface area contributed by atoms with Gasteiger partial charge in [-0.3, -0.25) is 4.79 Å². The second-order valence-corrected chi connectivity index (χ2v) is 5.97. The van der Waals surface area contributed by atoms with E-state index in [0.29, 0.717) is 16.1 Å². The third kappa shape index (κ3) is 3.05. The lowest BCUT2D eigenvalue weighted by molar-refractivity contribution is 0.0745. The Hall–Kier alpha value is -1.72. The Morgan fingerprint density at radius 2 is 2.00 bits per heavy atom. The van der Waals surface area contributed by atoms with E-state index in [-0.39, 0.29) is 11.9 Å². The molecule has 1 aromatic carbocycles. The quantitative estimate of drug-likeness (QED) is 0.882. The van der Waals surface area contributed by atoms with Gasteiger partial charge in [0.15, 0.2) is 0 Å². The zero-order valence-electron chi connectivity index (χ0n) is 11.4. The van der Waals surface area contributed by atoms with E-state index < -0.39 is 0 Å². The number of amides is 1. The number of thiocarbonyl (C=S) groups is 1. The van der Waals surface area contributed by atoms with Crippen LogP contribution in [0.15, 0.2) is 41.8 Å². The van der Waals surface area contributed by atoms with Crippen molar-refractivity contribution in [2.45, 2.75) is 13.0 Å². The Morgan fingerprint density at radius 3 is 2.60 bits per heavy atom. The number of hydrogen-bond donors (Lipinski definition) is 1. The van der Waals surface area contributed by atoms with Gasteiger partial charge in [-0.2, -0.15) is 0 Å². The molecule has 1 heterocycles. The van der Waals surface area contributed by atoms with E-state index in [0.717, 1.165) is 4.88 Å². The predicted octanol–water partition coefficient (Wildman–Crippen LogP) is 3.22. The van der Waals surface area contributed by atoms with E-state index in [1.54, 1.807) is 41.5 Å². The van der Waals surface area contributed by atoms with Gasteiger partial charge in [-0.25, -0.2) is 0 Å². The van der Waals surface area contributed by atoms with Crippen LogP contribution in [-0.2, 0) is 0 Å². The van der Waals surface area contributed by atoms with Crippen molar-refractivity contribution >= 4 is 34.5 Å². The molecule has 0 aliphatic rings. The van der Waals surface area contributed by atoms with Crippen molar-refractivity contribution in [3.05, 3.63) is 57.8 Å². The van der Waals surface area contributed by atoms with Crippen molar-refractivity contribution in [3.63, 3.8) is 0 Å². The molecule has 1 unspecified atom stereocenters. The monoisotopic (exact) mass is 304 g/mol. The highest BCUT2D eigenvalue weighted by Gasteiger charge is 2.19. The lowest BCUT2D eigenvalue weighted by Crippen LogP contribution is -2.29. The normalized spacial score (nSPS) is 11.9. The fraction of sp³-hybridized carbons (Fsp3) is 0.200. The Balaban J connectivity index is 2.22. The van der Waals surface area contributed by atoms with Gasteiger partial charge in [-0.1, -0.05) is 30.4 Å². The largest absolute Gasteiger partial charge is 0.389 e. The minimum atomic E-state index is -0.0380. The van der Waals surface area contributed by atoms with Gasteiger partial charge in [0.2, 0.25) is 0 Å². The van der Waals surface area contributed by atoms with Gasteiger partial charge in [0.1, 0.15) is 4.99 Å². The molecule has 2 aromatic rings. The molecule has 0 radical (unpaired) electrons. The van der Waals surface area contributed by atoms with Crippen molar-refractivity contribution < 1.29 is 4.79 Å². The van der Waals surface area contributed by atoms with E-state index in [4.69, 9.17) is 18.0 Å². The topological polar surface area (TPSA) is 46.3 Å². The summed E-state index contributed by atoms with van der Waals surface area (Å²) in [6.07, 6.45) is 0. The first-order valence-electron chi connectivity index (χ1n) is 6.21. The number of rotatable bonds is 4. The summed E-state index contributed by atoms with van der Waals surface area (Å²) in [4.78, 5) is 15.7. The summed E-state index contributed by atoms with van der Waals surface area (Å²) >= 11 is 6.59. The Labute approximate surface area is 128 Å². The average molecular weight is 304 g/mol. The molecular weight excluding hydrogens is 288 g/mol. The van der Waals surface area contributed by atoms with Crippen LogP contribution in [0.3, 0.4) is 0 Å². The lowest BCUT2D eigenvalue weighted by atomic mass is 10.1. The second kappa shape index (κ2) is 6.15. The molecule has 0 saturated carbocycles. The summed E-state index contributed by atoms with van der Waals surface area (Å²) in [5.74, 6) is -0.0380. The zero-order chi connectivity index (χ0) is 14.7. The lowest BCUT2D eigenvalue weighted by Gasteiger charge is -2.24. The molecule has 5 heteroatoms. The van der Waals surface area contributed by atoms with Crippen LogP contribution in [0.1, 0.15) is 33.8 Å². The van der Waals surface area contributed by atoms with Crippen LogP contribution in [0.2, 0.25) is 0 Å². The third-order valence-electron chi connectivity index (χ3n) is 3.25. The molecule has 2 N–H and O–H groups in total. The number of carbonyl (C=O) groups excluding carboxylic acids is 1. The van der Waals surface area contributed by atoms with Crippen molar-refractivity contribution in [3.8, 4) is 0 Å². The maximum Gasteiger partial charge on any atom is 0.254 e. The Kier molecular flexibility index (Phi) is 4.52. The molecule has 1 aromatic heterocycles. The van der Waals surface area contributed by atoms with Crippen molar-refractivity contribution in [1.29, 1.82) is 0 Å². The molecule has 2 rings (SSSR count). The highest BCUT2D eigenvalue weighted by atomic mass is 32.1. The number of nitrogens with two attached hydrogens (primary N) is 1. The Morgan fingerprint density at radius 1 is 1.30 bits per heavy atom. The molecule has 1 amide bonds. The molecule has 0 aliphatic heterocycles. The summed E-state index contributed by atoms with van der Waals surface area (Å²) in [6, 6.07) is 11.2. The van der Waals surface area contributed by atoms with Crippen molar-refractivity contribution in [2.75, 3.05) is 7.05 Å². The van der Waals surface area contributed by atoms with E-state index in [2.05, 4.69) is 0 Å². The van der Waals surface area contributed by atoms with Crippen LogP contribution < -0.4 is 5.73 Å². The van der Waals surface area contributed by atoms with Gasteiger partial charge in [-0.05, 0) is 30.5 Å². The summed E-state index contributed by atoms with van der Waals surface area (Å²) in [5, 5.41) is 2.01. The standard InChI is InChI=1S/C15H16N2OS2/c1-10(13-7-4-8-20-13)17(2)15(18)12-6-3-5-11(9-12)14(16)19/h3-10H,1-2H3,(H2,16,19). The van der Waals surface area contributed by atoms with E-state index in [1.165, 1.54) is 0 Å². The first kappa shape index (κ1) is 14.7. The molecule has 0 saturated heterocycles. The third-order valence-corrected chi connectivity index (χ3v) is 4.53. The van der Waals surface area contributed by atoms with Crippen LogP contribution in [0.5, 0.6) is 0 Å². The van der Waals surface area contributed by atoms with E-state index >= 15 is 0 Å². The SMILES string of the molecule is CC(c1cccs1)N(C)C(=O)c1cccc(C(N)=S)c1. The van der Waals surface area contributed by atoms with Crippen LogP contribution >= 0.6 is 23.6 Å². The van der Waals surface area contributed by atoms with Gasteiger partial charge in [0, 0.05) is 23.1 Å². The first-order chi connectivity index (χ1) is 9.50. The van der Waals surface area contributed by atoms with Crippen LogP contribution in [0.4, 0.5) is 0 Å². The fourth-order valence-electron chi connectivity index (χ4n) is 1.90. The Bertz CT molecular complexity index is 623. The highest BCUT2D eigenvalue weighted by molar-refractivity contribution is 7.80. The molecule has 0 bridgehead atoms. The van der Waals surface area contributed by atoms with Crippen molar-refractivity contribution in [1.82, 2.24) is 4.90 Å². The molecule has 0 spiro atoms. The predicted molar refractivity (Wildman–Crippen MR) is 87.2 cm³/mol. The number of nitrogens with zero attached hydrogens (tertiary/aromatic N) is 1. The van der Waals surface area contributed by atoms with Gasteiger partial charge >= 0.3 is 0 Å². The summed E-state index contributed by atoms with van der Waals surface area (Å²) < 4.78 is 0. The number of hydrogen-bond acceptors (Lipinski definition) is 3. The molecular formula is C15H16N2OS2. The summed E-state index contributed by atoms with van der Waals surface area (Å²) in [6.45, 7) is 2.02. The number of carbonyl (C=O) groups is 1. The van der Waals surface area contributed by atoms with Gasteiger partial charge in [0.25, 0.3) is 5.91 Å². The molecule has 3 nitrogen and oxygen atoms in total.